The van der Waals surface area contributed by atoms with Crippen LogP contribution >= 0.6 is 0 Å². The zero-order valence-electron chi connectivity index (χ0n) is 14.7. The highest BCUT2D eigenvalue weighted by Gasteiger charge is 2.22. The third-order valence-electron chi connectivity index (χ3n) is 4.03. The maximum Gasteiger partial charge on any atom is 0.341 e. The van der Waals surface area contributed by atoms with Crippen LogP contribution in [0.3, 0.4) is 0 Å². The summed E-state index contributed by atoms with van der Waals surface area (Å²) in [5.74, 6) is -2.52. The van der Waals surface area contributed by atoms with E-state index in [4.69, 9.17) is 9.84 Å². The van der Waals surface area contributed by atoms with Gasteiger partial charge in [-0.05, 0) is 35.4 Å². The van der Waals surface area contributed by atoms with E-state index in [2.05, 4.69) is 0 Å². The van der Waals surface area contributed by atoms with Crippen LogP contribution in [0.4, 0.5) is 4.39 Å². The number of halogens is 1. The molecule has 0 heterocycles. The Labute approximate surface area is 162 Å². The zero-order valence-corrected chi connectivity index (χ0v) is 15.5. The maximum absolute atomic E-state index is 14.3. The first-order valence-corrected chi connectivity index (χ1v) is 10.0. The van der Waals surface area contributed by atoms with Crippen LogP contribution in [0.2, 0.25) is 0 Å². The summed E-state index contributed by atoms with van der Waals surface area (Å²) < 4.78 is 45.1. The number of para-hydroxylation sites is 1. The third kappa shape index (κ3) is 4.55. The van der Waals surface area contributed by atoms with E-state index in [1.807, 2.05) is 30.3 Å². The van der Waals surface area contributed by atoms with Crippen LogP contribution in [0.15, 0.2) is 77.7 Å². The Morgan fingerprint density at radius 1 is 0.929 bits per heavy atom. The van der Waals surface area contributed by atoms with Gasteiger partial charge in [-0.1, -0.05) is 48.5 Å². The highest BCUT2D eigenvalue weighted by Crippen LogP contribution is 2.29. The minimum absolute atomic E-state index is 0.0226. The maximum atomic E-state index is 14.3. The van der Waals surface area contributed by atoms with Gasteiger partial charge in [-0.25, -0.2) is 17.6 Å². The third-order valence-corrected chi connectivity index (χ3v) is 5.73. The average Bonchev–Trinajstić information content (AvgIpc) is 2.69. The highest BCUT2D eigenvalue weighted by atomic mass is 32.2. The molecule has 0 aliphatic carbocycles. The number of carbonyl (C=O) groups is 1. The second-order valence-corrected chi connectivity index (χ2v) is 8.02. The summed E-state index contributed by atoms with van der Waals surface area (Å²) in [5, 5.41) is 8.75. The van der Waals surface area contributed by atoms with Crippen molar-refractivity contribution in [3.63, 3.8) is 0 Å². The van der Waals surface area contributed by atoms with Crippen LogP contribution < -0.4 is 4.74 Å². The average molecular weight is 400 g/mol. The van der Waals surface area contributed by atoms with Crippen molar-refractivity contribution in [2.75, 3.05) is 6.61 Å². The van der Waals surface area contributed by atoms with E-state index in [1.54, 1.807) is 6.07 Å². The van der Waals surface area contributed by atoms with E-state index >= 15 is 0 Å². The molecule has 3 aromatic carbocycles. The van der Waals surface area contributed by atoms with Crippen molar-refractivity contribution in [1.29, 1.82) is 0 Å². The van der Waals surface area contributed by atoms with Crippen LogP contribution in [-0.4, -0.2) is 26.1 Å². The molecule has 7 heteroatoms. The Morgan fingerprint density at radius 3 is 2.32 bits per heavy atom. The van der Waals surface area contributed by atoms with Crippen molar-refractivity contribution in [2.45, 2.75) is 10.6 Å². The van der Waals surface area contributed by atoms with Crippen molar-refractivity contribution in [1.82, 2.24) is 0 Å². The smallest absolute Gasteiger partial charge is 0.341 e. The van der Waals surface area contributed by atoms with Gasteiger partial charge in [-0.2, -0.15) is 0 Å². The van der Waals surface area contributed by atoms with E-state index in [9.17, 15) is 17.6 Å². The molecule has 3 aromatic rings. The Kier molecular flexibility index (Phi) is 5.75. The van der Waals surface area contributed by atoms with Gasteiger partial charge >= 0.3 is 5.97 Å². The molecular formula is C21H17FO5S. The van der Waals surface area contributed by atoms with Crippen molar-refractivity contribution >= 4 is 15.8 Å². The number of ether oxygens (including phenoxy) is 1. The molecule has 0 aromatic heterocycles. The molecule has 0 aliphatic rings. The summed E-state index contributed by atoms with van der Waals surface area (Å²) in [4.78, 5) is 10.5. The van der Waals surface area contributed by atoms with Gasteiger partial charge in [0.1, 0.15) is 16.5 Å². The van der Waals surface area contributed by atoms with E-state index in [0.29, 0.717) is 5.56 Å². The molecule has 0 unspecified atom stereocenters. The molecule has 0 amide bonds. The molecule has 0 saturated heterocycles. The molecule has 0 aliphatic heterocycles. The second-order valence-electron chi connectivity index (χ2n) is 6.06. The second kappa shape index (κ2) is 8.22. The van der Waals surface area contributed by atoms with Crippen molar-refractivity contribution < 1.29 is 27.4 Å². The SMILES string of the molecule is O=C(O)COc1ccccc1S(=O)(=O)Cc1cc(-c2ccccc2)ccc1F. The normalized spacial score (nSPS) is 11.2. The first-order valence-electron chi connectivity index (χ1n) is 8.37. The van der Waals surface area contributed by atoms with E-state index < -0.39 is 34.0 Å². The molecule has 144 valence electrons. The summed E-state index contributed by atoms with van der Waals surface area (Å²) in [6.07, 6.45) is 0. The largest absolute Gasteiger partial charge is 0.481 e. The Hall–Kier alpha value is -3.19. The number of sulfone groups is 1. The van der Waals surface area contributed by atoms with E-state index in [0.717, 1.165) is 5.56 Å². The number of aliphatic carboxylic acids is 1. The number of rotatable bonds is 7. The lowest BCUT2D eigenvalue weighted by atomic mass is 10.0. The van der Waals surface area contributed by atoms with Gasteiger partial charge in [0.15, 0.2) is 16.4 Å². The number of hydrogen-bond donors (Lipinski definition) is 1. The zero-order chi connectivity index (χ0) is 20.1. The monoisotopic (exact) mass is 400 g/mol. The van der Waals surface area contributed by atoms with Crippen molar-refractivity contribution in [3.05, 3.63) is 84.2 Å². The van der Waals surface area contributed by atoms with Crippen LogP contribution in [0.25, 0.3) is 11.1 Å². The summed E-state index contributed by atoms with van der Waals surface area (Å²) in [6.45, 7) is -0.676. The summed E-state index contributed by atoms with van der Waals surface area (Å²) in [6, 6.07) is 19.3. The van der Waals surface area contributed by atoms with Gasteiger partial charge < -0.3 is 9.84 Å². The number of hydrogen-bond acceptors (Lipinski definition) is 4. The lowest BCUT2D eigenvalue weighted by Crippen LogP contribution is -2.13. The molecule has 0 saturated carbocycles. The van der Waals surface area contributed by atoms with E-state index in [1.165, 1.54) is 36.4 Å². The molecule has 28 heavy (non-hydrogen) atoms. The van der Waals surface area contributed by atoms with Crippen LogP contribution in [0.1, 0.15) is 5.56 Å². The Bertz CT molecular complexity index is 1090. The topological polar surface area (TPSA) is 80.7 Å². The van der Waals surface area contributed by atoms with Crippen molar-refractivity contribution in [3.8, 4) is 16.9 Å². The van der Waals surface area contributed by atoms with Gasteiger partial charge in [0.05, 0.1) is 5.75 Å². The fourth-order valence-corrected chi connectivity index (χ4v) is 4.25. The first-order chi connectivity index (χ1) is 13.4. The molecule has 0 fully saturated rings. The lowest BCUT2D eigenvalue weighted by Gasteiger charge is -2.12. The van der Waals surface area contributed by atoms with Gasteiger partial charge in [-0.15, -0.1) is 0 Å². The summed E-state index contributed by atoms with van der Waals surface area (Å²) in [7, 11) is -3.97. The van der Waals surface area contributed by atoms with Crippen LogP contribution in [0, 0.1) is 5.82 Å². The molecule has 3 rings (SSSR count). The first kappa shape index (κ1) is 19.6. The standard InChI is InChI=1S/C21H17FO5S/c22-18-11-10-16(15-6-2-1-3-7-15)12-17(18)14-28(25,26)20-9-5-4-8-19(20)27-13-21(23)24/h1-12H,13-14H2,(H,23,24). The molecule has 0 atom stereocenters. The van der Waals surface area contributed by atoms with Gasteiger partial charge in [0.25, 0.3) is 0 Å². The minimum Gasteiger partial charge on any atom is -0.481 e. The lowest BCUT2D eigenvalue weighted by molar-refractivity contribution is -0.139. The molecule has 1 N–H and O–H groups in total. The molecule has 5 nitrogen and oxygen atoms in total. The predicted molar refractivity (Wildman–Crippen MR) is 102 cm³/mol. The minimum atomic E-state index is -3.97. The molecule has 0 bridgehead atoms. The molecule has 0 radical (unpaired) electrons. The van der Waals surface area contributed by atoms with Crippen LogP contribution in [0.5, 0.6) is 5.75 Å². The molecule has 0 spiro atoms. The summed E-state index contributed by atoms with van der Waals surface area (Å²) >= 11 is 0. The fourth-order valence-electron chi connectivity index (χ4n) is 2.74. The molecular weight excluding hydrogens is 383 g/mol. The quantitative estimate of drug-likeness (QED) is 0.650. The van der Waals surface area contributed by atoms with Gasteiger partial charge in [0, 0.05) is 5.56 Å². The van der Waals surface area contributed by atoms with Crippen LogP contribution in [-0.2, 0) is 20.4 Å². The Balaban J connectivity index is 1.94. The summed E-state index contributed by atoms with van der Waals surface area (Å²) in [5.41, 5.74) is 1.56. The number of carboxylic acids is 1. The van der Waals surface area contributed by atoms with Crippen molar-refractivity contribution in [2.24, 2.45) is 0 Å². The number of benzene rings is 3. The Morgan fingerprint density at radius 2 is 1.61 bits per heavy atom. The van der Waals surface area contributed by atoms with Gasteiger partial charge in [-0.3, -0.25) is 0 Å². The highest BCUT2D eigenvalue weighted by molar-refractivity contribution is 7.90. The number of carboxylic acid groups (broad SMARTS) is 1. The van der Waals surface area contributed by atoms with Gasteiger partial charge in [0.2, 0.25) is 0 Å². The predicted octanol–water partition coefficient (Wildman–Crippen LogP) is 3.93. The fraction of sp³-hybridized carbons (Fsp3) is 0.0952. The van der Waals surface area contributed by atoms with E-state index in [-0.39, 0.29) is 16.2 Å².